The molecule has 0 aliphatic heterocycles. The summed E-state index contributed by atoms with van der Waals surface area (Å²) in [5.74, 6) is 0.210. The van der Waals surface area contributed by atoms with Gasteiger partial charge in [0.1, 0.15) is 10.7 Å². The smallest absolute Gasteiger partial charge is 0.268 e. The lowest BCUT2D eigenvalue weighted by Crippen LogP contribution is -2.30. The van der Waals surface area contributed by atoms with Crippen LogP contribution in [0.5, 0.6) is 0 Å². The predicted molar refractivity (Wildman–Crippen MR) is 72.6 cm³/mol. The maximum atomic E-state index is 12.2. The van der Waals surface area contributed by atoms with E-state index >= 15 is 0 Å². The van der Waals surface area contributed by atoms with E-state index in [0.29, 0.717) is 23.8 Å². The number of carbonyl (C=O) groups excluding carboxylic acids is 1. The SMILES string of the molecule is C=CCN(CC)C(=O)c1sc(N(C)C)nc1N. The Balaban J connectivity index is 2.98. The van der Waals surface area contributed by atoms with Crippen LogP contribution >= 0.6 is 11.3 Å². The molecule has 1 aromatic heterocycles. The molecule has 0 aliphatic carbocycles. The second-order valence-electron chi connectivity index (χ2n) is 3.74. The fourth-order valence-electron chi connectivity index (χ4n) is 1.32. The van der Waals surface area contributed by atoms with Gasteiger partial charge < -0.3 is 15.5 Å². The molecule has 1 amide bonds. The normalized spacial score (nSPS) is 10.1. The van der Waals surface area contributed by atoms with Crippen LogP contribution in [-0.4, -0.2) is 43.0 Å². The van der Waals surface area contributed by atoms with E-state index < -0.39 is 0 Å². The number of nitrogens with two attached hydrogens (primary N) is 1. The lowest BCUT2D eigenvalue weighted by Gasteiger charge is -2.17. The van der Waals surface area contributed by atoms with Crippen molar-refractivity contribution in [2.24, 2.45) is 0 Å². The molecule has 0 saturated carbocycles. The van der Waals surface area contributed by atoms with Crippen LogP contribution in [0.3, 0.4) is 0 Å². The summed E-state index contributed by atoms with van der Waals surface area (Å²) in [4.78, 5) is 20.3. The van der Waals surface area contributed by atoms with Crippen LogP contribution in [0.2, 0.25) is 0 Å². The van der Waals surface area contributed by atoms with Gasteiger partial charge in [0.25, 0.3) is 5.91 Å². The van der Waals surface area contributed by atoms with Crippen molar-refractivity contribution in [3.8, 4) is 0 Å². The highest BCUT2D eigenvalue weighted by Crippen LogP contribution is 2.27. The van der Waals surface area contributed by atoms with Crippen LogP contribution in [0.1, 0.15) is 16.6 Å². The number of aromatic nitrogens is 1. The van der Waals surface area contributed by atoms with Crippen molar-refractivity contribution in [1.29, 1.82) is 0 Å². The largest absolute Gasteiger partial charge is 0.382 e. The van der Waals surface area contributed by atoms with Crippen molar-refractivity contribution in [3.63, 3.8) is 0 Å². The summed E-state index contributed by atoms with van der Waals surface area (Å²) < 4.78 is 0. The van der Waals surface area contributed by atoms with E-state index in [1.807, 2.05) is 25.9 Å². The first-order chi connectivity index (χ1) is 8.01. The second kappa shape index (κ2) is 5.67. The van der Waals surface area contributed by atoms with E-state index in [2.05, 4.69) is 11.6 Å². The minimum absolute atomic E-state index is 0.0875. The van der Waals surface area contributed by atoms with Gasteiger partial charge in [-0.1, -0.05) is 17.4 Å². The van der Waals surface area contributed by atoms with Gasteiger partial charge >= 0.3 is 0 Å². The molecule has 0 aliphatic rings. The summed E-state index contributed by atoms with van der Waals surface area (Å²) in [7, 11) is 3.74. The quantitative estimate of drug-likeness (QED) is 0.808. The molecule has 1 rings (SSSR count). The van der Waals surface area contributed by atoms with Crippen LogP contribution in [-0.2, 0) is 0 Å². The van der Waals surface area contributed by atoms with E-state index in [1.54, 1.807) is 11.0 Å². The van der Waals surface area contributed by atoms with Crippen molar-refractivity contribution in [2.75, 3.05) is 37.8 Å². The maximum absolute atomic E-state index is 12.2. The summed E-state index contributed by atoms with van der Waals surface area (Å²) in [5.41, 5.74) is 5.77. The summed E-state index contributed by atoms with van der Waals surface area (Å²) in [6.45, 7) is 6.70. The van der Waals surface area contributed by atoms with Crippen molar-refractivity contribution in [3.05, 3.63) is 17.5 Å². The van der Waals surface area contributed by atoms with Gasteiger partial charge in [0.05, 0.1) is 0 Å². The Labute approximate surface area is 106 Å². The summed E-state index contributed by atoms with van der Waals surface area (Å²) in [6, 6.07) is 0. The monoisotopic (exact) mass is 254 g/mol. The number of nitrogen functional groups attached to an aromatic ring is 1. The fourth-order valence-corrected chi connectivity index (χ4v) is 2.20. The highest BCUT2D eigenvalue weighted by Gasteiger charge is 2.20. The van der Waals surface area contributed by atoms with E-state index in [9.17, 15) is 4.79 Å². The molecule has 1 aromatic rings. The van der Waals surface area contributed by atoms with Crippen molar-refractivity contribution < 1.29 is 4.79 Å². The molecule has 17 heavy (non-hydrogen) atoms. The Morgan fingerprint density at radius 3 is 2.65 bits per heavy atom. The zero-order valence-electron chi connectivity index (χ0n) is 10.4. The van der Waals surface area contributed by atoms with Crippen molar-refractivity contribution in [2.45, 2.75) is 6.92 Å². The Bertz CT molecular complexity index is 414. The number of hydrogen-bond acceptors (Lipinski definition) is 5. The zero-order valence-corrected chi connectivity index (χ0v) is 11.3. The molecule has 0 atom stereocenters. The topological polar surface area (TPSA) is 62.5 Å². The fraction of sp³-hybridized carbons (Fsp3) is 0.455. The number of nitrogens with zero attached hydrogens (tertiary/aromatic N) is 3. The average molecular weight is 254 g/mol. The van der Waals surface area contributed by atoms with Crippen LogP contribution in [0.15, 0.2) is 12.7 Å². The molecule has 6 heteroatoms. The number of likely N-dealkylation sites (N-methyl/N-ethyl adjacent to an activating group) is 1. The van der Waals surface area contributed by atoms with E-state index in [4.69, 9.17) is 5.73 Å². The molecule has 0 aromatic carbocycles. The first kappa shape index (κ1) is 13.5. The molecule has 0 unspecified atom stereocenters. The van der Waals surface area contributed by atoms with Gasteiger partial charge in [-0.3, -0.25) is 4.79 Å². The van der Waals surface area contributed by atoms with Gasteiger partial charge in [-0.25, -0.2) is 4.98 Å². The number of amides is 1. The third-order valence-electron chi connectivity index (χ3n) is 2.24. The summed E-state index contributed by atoms with van der Waals surface area (Å²) >= 11 is 1.31. The first-order valence-corrected chi connectivity index (χ1v) is 6.16. The molecule has 0 radical (unpaired) electrons. The number of anilines is 2. The number of rotatable bonds is 5. The average Bonchev–Trinajstić information content (AvgIpc) is 2.67. The highest BCUT2D eigenvalue weighted by atomic mass is 32.1. The maximum Gasteiger partial charge on any atom is 0.268 e. The first-order valence-electron chi connectivity index (χ1n) is 5.35. The second-order valence-corrected chi connectivity index (χ2v) is 4.72. The highest BCUT2D eigenvalue weighted by molar-refractivity contribution is 7.18. The minimum Gasteiger partial charge on any atom is -0.382 e. The van der Waals surface area contributed by atoms with E-state index in [-0.39, 0.29) is 5.91 Å². The number of hydrogen-bond donors (Lipinski definition) is 1. The van der Waals surface area contributed by atoms with Gasteiger partial charge in [0.2, 0.25) is 0 Å². The Morgan fingerprint density at radius 2 is 2.24 bits per heavy atom. The Hall–Kier alpha value is -1.56. The van der Waals surface area contributed by atoms with Gasteiger partial charge in [-0.15, -0.1) is 6.58 Å². The molecule has 0 bridgehead atoms. The van der Waals surface area contributed by atoms with Gasteiger partial charge in [0.15, 0.2) is 5.13 Å². The van der Waals surface area contributed by atoms with E-state index in [1.165, 1.54) is 11.3 Å². The van der Waals surface area contributed by atoms with Crippen LogP contribution in [0, 0.1) is 0 Å². The molecule has 2 N–H and O–H groups in total. The molecule has 0 spiro atoms. The van der Waals surface area contributed by atoms with Crippen LogP contribution in [0.25, 0.3) is 0 Å². The van der Waals surface area contributed by atoms with Gasteiger partial charge in [0, 0.05) is 27.2 Å². The predicted octanol–water partition coefficient (Wildman–Crippen LogP) is 1.44. The molecule has 5 nitrogen and oxygen atoms in total. The van der Waals surface area contributed by atoms with Gasteiger partial charge in [-0.2, -0.15) is 0 Å². The molecular weight excluding hydrogens is 236 g/mol. The molecule has 94 valence electrons. The Kier molecular flexibility index (Phi) is 4.51. The molecular formula is C11H18N4OS. The number of carbonyl (C=O) groups is 1. The lowest BCUT2D eigenvalue weighted by molar-refractivity contribution is 0.0787. The number of thiazole rings is 1. The Morgan fingerprint density at radius 1 is 1.59 bits per heavy atom. The van der Waals surface area contributed by atoms with Crippen molar-refractivity contribution in [1.82, 2.24) is 9.88 Å². The minimum atomic E-state index is -0.0875. The van der Waals surface area contributed by atoms with E-state index in [0.717, 1.165) is 5.13 Å². The zero-order chi connectivity index (χ0) is 13.0. The summed E-state index contributed by atoms with van der Waals surface area (Å²) in [6.07, 6.45) is 1.70. The van der Waals surface area contributed by atoms with Crippen molar-refractivity contribution >= 4 is 28.2 Å². The third-order valence-corrected chi connectivity index (χ3v) is 3.46. The molecule has 0 fully saturated rings. The molecule has 0 saturated heterocycles. The lowest BCUT2D eigenvalue weighted by atomic mass is 10.4. The molecule has 1 heterocycles. The van der Waals surface area contributed by atoms with Crippen LogP contribution in [0.4, 0.5) is 10.9 Å². The standard InChI is InChI=1S/C11H18N4OS/c1-5-7-15(6-2)10(16)8-9(12)13-11(17-8)14(3)4/h5H,1,6-7,12H2,2-4H3. The summed E-state index contributed by atoms with van der Waals surface area (Å²) in [5, 5.41) is 0.737. The van der Waals surface area contributed by atoms with Crippen LogP contribution < -0.4 is 10.6 Å². The van der Waals surface area contributed by atoms with Gasteiger partial charge in [-0.05, 0) is 6.92 Å². The third kappa shape index (κ3) is 2.97.